The monoisotopic (exact) mass is 279 g/mol. The maximum absolute atomic E-state index is 13.6. The first-order valence-corrected chi connectivity index (χ1v) is 5.88. The summed E-state index contributed by atoms with van der Waals surface area (Å²) in [6.07, 6.45) is -4.54. The predicted octanol–water partition coefficient (Wildman–Crippen LogP) is 3.93. The summed E-state index contributed by atoms with van der Waals surface area (Å²) in [6, 6.07) is 2.28. The van der Waals surface area contributed by atoms with Crippen molar-refractivity contribution in [3.05, 3.63) is 29.6 Å². The molecule has 0 saturated heterocycles. The van der Waals surface area contributed by atoms with E-state index in [1.54, 1.807) is 0 Å². The molecule has 0 bridgehead atoms. The molecule has 108 valence electrons. The number of alkyl halides is 3. The van der Waals surface area contributed by atoms with Gasteiger partial charge in [0.25, 0.3) is 0 Å². The van der Waals surface area contributed by atoms with E-state index in [0.29, 0.717) is 12.7 Å². The van der Waals surface area contributed by atoms with Crippen molar-refractivity contribution in [1.82, 2.24) is 0 Å². The zero-order valence-corrected chi connectivity index (χ0v) is 11.0. The van der Waals surface area contributed by atoms with Crippen LogP contribution in [0.25, 0.3) is 0 Å². The van der Waals surface area contributed by atoms with Crippen molar-refractivity contribution in [1.29, 1.82) is 0 Å². The molecule has 0 heterocycles. The van der Waals surface area contributed by atoms with E-state index in [4.69, 9.17) is 4.74 Å². The Labute approximate surface area is 109 Å². The van der Waals surface area contributed by atoms with Crippen LogP contribution >= 0.6 is 0 Å². The van der Waals surface area contributed by atoms with Gasteiger partial charge in [-0.15, -0.1) is 0 Å². The first kappa shape index (κ1) is 15.8. The lowest BCUT2D eigenvalue weighted by atomic mass is 10.0. The molecule has 19 heavy (non-hydrogen) atoms. The summed E-state index contributed by atoms with van der Waals surface area (Å²) in [5.74, 6) is -0.766. The molecule has 0 saturated carbocycles. The highest BCUT2D eigenvalue weighted by Crippen LogP contribution is 2.31. The van der Waals surface area contributed by atoms with Gasteiger partial charge in [-0.2, -0.15) is 13.2 Å². The minimum absolute atomic E-state index is 0.0451. The van der Waals surface area contributed by atoms with Gasteiger partial charge in [-0.3, -0.25) is 0 Å². The minimum Gasteiger partial charge on any atom is -0.383 e. The summed E-state index contributed by atoms with van der Waals surface area (Å²) in [5.41, 5.74) is -0.952. The van der Waals surface area contributed by atoms with E-state index in [2.05, 4.69) is 5.32 Å². The van der Waals surface area contributed by atoms with Crippen LogP contribution in [0.5, 0.6) is 0 Å². The van der Waals surface area contributed by atoms with Gasteiger partial charge in [0, 0.05) is 7.11 Å². The molecule has 0 aromatic heterocycles. The summed E-state index contributed by atoms with van der Waals surface area (Å²) in [6.45, 7) is 4.18. The first-order valence-electron chi connectivity index (χ1n) is 5.88. The highest BCUT2D eigenvalue weighted by molar-refractivity contribution is 5.47. The maximum atomic E-state index is 13.6. The number of ether oxygens (including phenoxy) is 1. The minimum atomic E-state index is -4.54. The second-order valence-electron chi connectivity index (χ2n) is 4.64. The number of rotatable bonds is 5. The zero-order chi connectivity index (χ0) is 14.6. The third-order valence-corrected chi connectivity index (χ3v) is 2.79. The number of nitrogens with one attached hydrogen (secondary N) is 1. The second-order valence-corrected chi connectivity index (χ2v) is 4.64. The van der Waals surface area contributed by atoms with Gasteiger partial charge in [-0.1, -0.05) is 13.8 Å². The number of halogens is 4. The van der Waals surface area contributed by atoms with Crippen molar-refractivity contribution in [2.45, 2.75) is 26.1 Å². The Morgan fingerprint density at radius 3 is 2.32 bits per heavy atom. The molecule has 1 N–H and O–H groups in total. The molecular formula is C13H17F4NO. The largest absolute Gasteiger partial charge is 0.416 e. The average molecular weight is 279 g/mol. The van der Waals surface area contributed by atoms with Crippen molar-refractivity contribution in [2.75, 3.05) is 19.0 Å². The topological polar surface area (TPSA) is 21.3 Å². The maximum Gasteiger partial charge on any atom is 0.416 e. The van der Waals surface area contributed by atoms with Gasteiger partial charge in [0.1, 0.15) is 5.82 Å². The van der Waals surface area contributed by atoms with Gasteiger partial charge in [-0.05, 0) is 24.1 Å². The molecule has 0 spiro atoms. The van der Waals surface area contributed by atoms with Crippen molar-refractivity contribution in [3.63, 3.8) is 0 Å². The Bertz CT molecular complexity index is 418. The molecule has 1 atom stereocenters. The number of benzene rings is 1. The Morgan fingerprint density at radius 2 is 1.89 bits per heavy atom. The Morgan fingerprint density at radius 1 is 1.26 bits per heavy atom. The van der Waals surface area contributed by atoms with Crippen LogP contribution in [0.15, 0.2) is 18.2 Å². The Hall–Kier alpha value is -1.30. The summed E-state index contributed by atoms with van der Waals surface area (Å²) in [5, 5.41) is 2.86. The van der Waals surface area contributed by atoms with E-state index >= 15 is 0 Å². The van der Waals surface area contributed by atoms with Gasteiger partial charge < -0.3 is 10.1 Å². The number of anilines is 1. The zero-order valence-electron chi connectivity index (χ0n) is 11.0. The lowest BCUT2D eigenvalue weighted by Gasteiger charge is -2.23. The first-order chi connectivity index (χ1) is 8.75. The molecule has 1 aromatic carbocycles. The summed E-state index contributed by atoms with van der Waals surface area (Å²) in [7, 11) is 1.51. The molecule has 6 heteroatoms. The van der Waals surface area contributed by atoms with Crippen LogP contribution in [-0.4, -0.2) is 19.8 Å². The fraction of sp³-hybridized carbons (Fsp3) is 0.538. The molecular weight excluding hydrogens is 262 g/mol. The highest BCUT2D eigenvalue weighted by atomic mass is 19.4. The summed E-state index contributed by atoms with van der Waals surface area (Å²) < 4.78 is 55.8. The van der Waals surface area contributed by atoms with Crippen molar-refractivity contribution < 1.29 is 22.3 Å². The van der Waals surface area contributed by atoms with Crippen molar-refractivity contribution >= 4 is 5.69 Å². The van der Waals surface area contributed by atoms with E-state index in [1.807, 2.05) is 13.8 Å². The van der Waals surface area contributed by atoms with E-state index in [-0.39, 0.29) is 17.6 Å². The van der Waals surface area contributed by atoms with E-state index in [0.717, 1.165) is 12.1 Å². The lowest BCUT2D eigenvalue weighted by Crippen LogP contribution is -2.30. The van der Waals surface area contributed by atoms with Crippen LogP contribution in [0.3, 0.4) is 0 Å². The number of hydrogen-bond donors (Lipinski definition) is 1. The SMILES string of the molecule is COCC(Nc1ccc(C(F)(F)F)cc1F)C(C)C. The molecule has 0 aliphatic heterocycles. The molecule has 0 aliphatic carbocycles. The van der Waals surface area contributed by atoms with Crippen LogP contribution in [0.2, 0.25) is 0 Å². The lowest BCUT2D eigenvalue weighted by molar-refractivity contribution is -0.137. The molecule has 0 amide bonds. The van der Waals surface area contributed by atoms with E-state index in [1.165, 1.54) is 7.11 Å². The number of hydrogen-bond acceptors (Lipinski definition) is 2. The molecule has 2 nitrogen and oxygen atoms in total. The molecule has 1 unspecified atom stereocenters. The van der Waals surface area contributed by atoms with Crippen LogP contribution in [-0.2, 0) is 10.9 Å². The third kappa shape index (κ3) is 4.38. The molecule has 0 radical (unpaired) electrons. The molecule has 0 fully saturated rings. The molecule has 0 aliphatic rings. The molecule has 1 rings (SSSR count). The Balaban J connectivity index is 2.90. The van der Waals surface area contributed by atoms with Crippen molar-refractivity contribution in [3.8, 4) is 0 Å². The van der Waals surface area contributed by atoms with E-state index < -0.39 is 17.6 Å². The third-order valence-electron chi connectivity index (χ3n) is 2.79. The van der Waals surface area contributed by atoms with Crippen molar-refractivity contribution in [2.24, 2.45) is 5.92 Å². The van der Waals surface area contributed by atoms with Crippen LogP contribution in [0.4, 0.5) is 23.2 Å². The second kappa shape index (κ2) is 6.23. The highest BCUT2D eigenvalue weighted by Gasteiger charge is 2.31. The summed E-state index contributed by atoms with van der Waals surface area (Å²) in [4.78, 5) is 0. The average Bonchev–Trinajstić information content (AvgIpc) is 2.29. The fourth-order valence-electron chi connectivity index (χ4n) is 1.59. The van der Waals surface area contributed by atoms with Crippen LogP contribution < -0.4 is 5.32 Å². The Kier molecular flexibility index (Phi) is 5.17. The van der Waals surface area contributed by atoms with Gasteiger partial charge in [-0.25, -0.2) is 4.39 Å². The standard InChI is InChI=1S/C13H17F4NO/c1-8(2)12(7-19-3)18-11-5-4-9(6-10(11)14)13(15,16)17/h4-6,8,12,18H,7H2,1-3H3. The van der Waals surface area contributed by atoms with Gasteiger partial charge in [0.15, 0.2) is 0 Å². The van der Waals surface area contributed by atoms with Crippen LogP contribution in [0, 0.1) is 11.7 Å². The van der Waals surface area contributed by atoms with E-state index in [9.17, 15) is 17.6 Å². The molecule has 1 aromatic rings. The number of methoxy groups -OCH3 is 1. The van der Waals surface area contributed by atoms with Gasteiger partial charge in [0.2, 0.25) is 0 Å². The predicted molar refractivity (Wildman–Crippen MR) is 65.5 cm³/mol. The fourth-order valence-corrected chi connectivity index (χ4v) is 1.59. The normalized spacial score (nSPS) is 13.7. The summed E-state index contributed by atoms with van der Waals surface area (Å²) >= 11 is 0. The quantitative estimate of drug-likeness (QED) is 0.825. The van der Waals surface area contributed by atoms with Crippen LogP contribution in [0.1, 0.15) is 19.4 Å². The van der Waals surface area contributed by atoms with Gasteiger partial charge in [0.05, 0.1) is 23.9 Å². The smallest absolute Gasteiger partial charge is 0.383 e. The van der Waals surface area contributed by atoms with Gasteiger partial charge >= 0.3 is 6.18 Å².